The quantitative estimate of drug-likeness (QED) is 0.670. The molecule has 3 N–H and O–H groups in total. The van der Waals surface area contributed by atoms with Crippen molar-refractivity contribution in [3.05, 3.63) is 46.9 Å². The van der Waals surface area contributed by atoms with Gasteiger partial charge in [0.1, 0.15) is 18.1 Å². The Bertz CT molecular complexity index is 944. The van der Waals surface area contributed by atoms with Crippen LogP contribution in [0.4, 0.5) is 5.69 Å². The van der Waals surface area contributed by atoms with Crippen molar-refractivity contribution in [2.24, 2.45) is 12.8 Å². The van der Waals surface area contributed by atoms with Crippen LogP contribution in [-0.2, 0) is 7.05 Å². The third-order valence-corrected chi connectivity index (χ3v) is 4.03. The van der Waals surface area contributed by atoms with Crippen molar-refractivity contribution in [1.82, 2.24) is 14.9 Å². The first kappa shape index (κ1) is 18.9. The van der Waals surface area contributed by atoms with E-state index in [2.05, 4.69) is 15.6 Å². The van der Waals surface area contributed by atoms with Crippen LogP contribution in [0.2, 0.25) is 5.02 Å². The minimum Gasteiger partial charge on any atom is -0.491 e. The van der Waals surface area contributed by atoms with Crippen LogP contribution in [-0.4, -0.2) is 33.5 Å². The van der Waals surface area contributed by atoms with E-state index in [9.17, 15) is 4.79 Å². The van der Waals surface area contributed by atoms with Gasteiger partial charge in [-0.15, -0.1) is 0 Å². The molecule has 1 amide bonds. The lowest BCUT2D eigenvalue weighted by Gasteiger charge is -2.15. The van der Waals surface area contributed by atoms with E-state index in [0.29, 0.717) is 40.1 Å². The van der Waals surface area contributed by atoms with Crippen molar-refractivity contribution in [3.8, 4) is 17.0 Å². The number of nitrogens with zero attached hydrogens (tertiary/aromatic N) is 3. The molecule has 3 aromatic rings. The van der Waals surface area contributed by atoms with E-state index in [1.165, 1.54) is 0 Å². The summed E-state index contributed by atoms with van der Waals surface area (Å²) in [6.45, 7) is 3.91. The maximum Gasteiger partial charge on any atom is 0.277 e. The number of nitrogens with one attached hydrogen (secondary N) is 1. The fraction of sp³-hybridized carbons (Fsp3) is 0.278. The molecular formula is C18H20ClN5O3. The lowest BCUT2D eigenvalue weighted by molar-refractivity contribution is 0.101. The summed E-state index contributed by atoms with van der Waals surface area (Å²) in [4.78, 5) is 12.3. The average molecular weight is 390 g/mol. The van der Waals surface area contributed by atoms with Crippen LogP contribution in [0.25, 0.3) is 11.3 Å². The first-order valence-corrected chi connectivity index (χ1v) is 8.68. The molecule has 0 unspecified atom stereocenters. The number of rotatable bonds is 6. The van der Waals surface area contributed by atoms with Gasteiger partial charge in [0, 0.05) is 30.4 Å². The standard InChI is InChI=1S/C18H20ClN5O3/c1-10(20)9-26-16-5-4-12(22-18(25)15-6-11(2)27-23-15)7-13(16)17-14(19)8-21-24(17)3/h4-8,10H,9,20H2,1-3H3,(H,22,25)/t10-/m0/s1. The Morgan fingerprint density at radius 1 is 1.44 bits per heavy atom. The van der Waals surface area contributed by atoms with E-state index < -0.39 is 0 Å². The Hall–Kier alpha value is -2.84. The lowest BCUT2D eigenvalue weighted by Crippen LogP contribution is -2.23. The van der Waals surface area contributed by atoms with Crippen molar-refractivity contribution in [2.75, 3.05) is 11.9 Å². The van der Waals surface area contributed by atoms with E-state index in [1.807, 2.05) is 6.92 Å². The number of ether oxygens (including phenoxy) is 1. The Kier molecular flexibility index (Phi) is 5.48. The van der Waals surface area contributed by atoms with Crippen LogP contribution in [0, 0.1) is 6.92 Å². The molecule has 0 bridgehead atoms. The van der Waals surface area contributed by atoms with E-state index >= 15 is 0 Å². The minimum absolute atomic E-state index is 0.130. The summed E-state index contributed by atoms with van der Waals surface area (Å²) in [6.07, 6.45) is 1.55. The van der Waals surface area contributed by atoms with Gasteiger partial charge in [-0.1, -0.05) is 16.8 Å². The molecule has 9 heteroatoms. The second-order valence-electron chi connectivity index (χ2n) is 6.24. The normalized spacial score (nSPS) is 12.0. The van der Waals surface area contributed by atoms with Crippen LogP contribution >= 0.6 is 11.6 Å². The Morgan fingerprint density at radius 3 is 2.81 bits per heavy atom. The SMILES string of the molecule is Cc1cc(C(=O)Nc2ccc(OC[C@H](C)N)c(-c3c(Cl)cnn3C)c2)no1. The van der Waals surface area contributed by atoms with E-state index in [1.54, 1.807) is 49.1 Å². The number of hydrogen-bond donors (Lipinski definition) is 2. The van der Waals surface area contributed by atoms with Crippen LogP contribution in [0.1, 0.15) is 23.2 Å². The second kappa shape index (κ2) is 7.81. The van der Waals surface area contributed by atoms with Crippen LogP contribution in [0.15, 0.2) is 35.0 Å². The molecule has 27 heavy (non-hydrogen) atoms. The number of hydrogen-bond acceptors (Lipinski definition) is 6. The molecule has 0 radical (unpaired) electrons. The molecule has 0 aliphatic carbocycles. The zero-order valence-corrected chi connectivity index (χ0v) is 15.9. The van der Waals surface area contributed by atoms with Crippen LogP contribution in [0.3, 0.4) is 0 Å². The summed E-state index contributed by atoms with van der Waals surface area (Å²) in [7, 11) is 1.78. The van der Waals surface area contributed by atoms with Gasteiger partial charge in [0.15, 0.2) is 5.69 Å². The van der Waals surface area contributed by atoms with Gasteiger partial charge in [0.25, 0.3) is 5.91 Å². The maximum atomic E-state index is 12.3. The molecule has 0 fully saturated rings. The highest BCUT2D eigenvalue weighted by molar-refractivity contribution is 6.33. The summed E-state index contributed by atoms with van der Waals surface area (Å²) in [5.41, 5.74) is 7.91. The second-order valence-corrected chi connectivity index (χ2v) is 6.65. The number of aryl methyl sites for hydroxylation is 2. The highest BCUT2D eigenvalue weighted by atomic mass is 35.5. The third-order valence-electron chi connectivity index (χ3n) is 3.75. The van der Waals surface area contributed by atoms with Crippen molar-refractivity contribution in [1.29, 1.82) is 0 Å². The number of benzene rings is 1. The van der Waals surface area contributed by atoms with Gasteiger partial charge in [-0.25, -0.2) is 0 Å². The average Bonchev–Trinajstić information content (AvgIpc) is 3.19. The molecule has 0 saturated heterocycles. The fourth-order valence-electron chi connectivity index (χ4n) is 2.52. The Labute approximate surface area is 161 Å². The molecule has 8 nitrogen and oxygen atoms in total. The smallest absolute Gasteiger partial charge is 0.277 e. The zero-order valence-electron chi connectivity index (χ0n) is 15.2. The molecule has 2 heterocycles. The fourth-order valence-corrected chi connectivity index (χ4v) is 2.79. The van der Waals surface area contributed by atoms with Crippen molar-refractivity contribution in [2.45, 2.75) is 19.9 Å². The first-order valence-electron chi connectivity index (χ1n) is 8.30. The molecule has 0 saturated carbocycles. The van der Waals surface area contributed by atoms with Gasteiger partial charge in [0.05, 0.1) is 16.9 Å². The van der Waals surface area contributed by atoms with E-state index in [0.717, 1.165) is 0 Å². The summed E-state index contributed by atoms with van der Waals surface area (Å²) in [5.74, 6) is 0.772. The van der Waals surface area contributed by atoms with Gasteiger partial charge < -0.3 is 20.3 Å². The molecule has 3 rings (SSSR count). The largest absolute Gasteiger partial charge is 0.491 e. The zero-order chi connectivity index (χ0) is 19.6. The van der Waals surface area contributed by atoms with Gasteiger partial charge in [-0.05, 0) is 32.0 Å². The molecule has 1 aromatic carbocycles. The topological polar surface area (TPSA) is 108 Å². The molecule has 2 aromatic heterocycles. The number of aromatic nitrogens is 3. The van der Waals surface area contributed by atoms with E-state index in [-0.39, 0.29) is 17.6 Å². The monoisotopic (exact) mass is 389 g/mol. The molecular weight excluding hydrogens is 370 g/mol. The third kappa shape index (κ3) is 4.29. The number of carbonyl (C=O) groups is 1. The maximum absolute atomic E-state index is 12.3. The highest BCUT2D eigenvalue weighted by Gasteiger charge is 2.18. The predicted molar refractivity (Wildman–Crippen MR) is 102 cm³/mol. The predicted octanol–water partition coefficient (Wildman–Crippen LogP) is 3.02. The number of amides is 1. The van der Waals surface area contributed by atoms with Gasteiger partial charge in [-0.2, -0.15) is 5.10 Å². The molecule has 142 valence electrons. The Balaban J connectivity index is 1.95. The lowest BCUT2D eigenvalue weighted by atomic mass is 10.1. The minimum atomic E-state index is -0.377. The first-order chi connectivity index (χ1) is 12.8. The Morgan fingerprint density at radius 2 is 2.22 bits per heavy atom. The van der Waals surface area contributed by atoms with Gasteiger partial charge >= 0.3 is 0 Å². The summed E-state index contributed by atoms with van der Waals surface area (Å²) in [6, 6.07) is 6.69. The molecule has 0 spiro atoms. The van der Waals surface area contributed by atoms with Crippen molar-refractivity contribution in [3.63, 3.8) is 0 Å². The molecule has 0 aliphatic heterocycles. The molecule has 0 aliphatic rings. The van der Waals surface area contributed by atoms with Crippen molar-refractivity contribution < 1.29 is 14.1 Å². The summed E-state index contributed by atoms with van der Waals surface area (Å²) in [5, 5.41) is 11.1. The summed E-state index contributed by atoms with van der Waals surface area (Å²) < 4.78 is 12.4. The van der Waals surface area contributed by atoms with Crippen LogP contribution in [0.5, 0.6) is 5.75 Å². The van der Waals surface area contributed by atoms with Gasteiger partial charge in [-0.3, -0.25) is 9.48 Å². The van der Waals surface area contributed by atoms with Crippen LogP contribution < -0.4 is 15.8 Å². The van der Waals surface area contributed by atoms with Gasteiger partial charge in [0.2, 0.25) is 0 Å². The number of carbonyl (C=O) groups excluding carboxylic acids is 1. The number of anilines is 1. The number of nitrogens with two attached hydrogens (primary N) is 1. The summed E-state index contributed by atoms with van der Waals surface area (Å²) >= 11 is 6.30. The number of halogens is 1. The van der Waals surface area contributed by atoms with Crippen molar-refractivity contribution >= 4 is 23.2 Å². The van der Waals surface area contributed by atoms with E-state index in [4.69, 9.17) is 26.6 Å². The highest BCUT2D eigenvalue weighted by Crippen LogP contribution is 2.36. The molecule has 1 atom stereocenters.